The van der Waals surface area contributed by atoms with Crippen LogP contribution in [-0.2, 0) is 0 Å². The lowest BCUT2D eigenvalue weighted by molar-refractivity contribution is 0.0710. The minimum Gasteiger partial charge on any atom is -0.497 e. The number of pyridine rings is 1. The molecule has 0 bridgehead atoms. The van der Waals surface area contributed by atoms with Crippen molar-refractivity contribution in [1.82, 2.24) is 14.9 Å². The summed E-state index contributed by atoms with van der Waals surface area (Å²) in [5, 5.41) is 3.34. The SMILES string of the molecule is COc1cccc(-c2cccnc2C(=O)N2C[C@H]3C[C@H]3[C@H]2CNc2nc3cc(C)ccc3o2)c1. The molecule has 3 heterocycles. The number of amides is 1. The van der Waals surface area contributed by atoms with Gasteiger partial charge in [0, 0.05) is 24.8 Å². The molecule has 0 radical (unpaired) electrons. The van der Waals surface area contributed by atoms with Gasteiger partial charge in [-0.1, -0.05) is 24.3 Å². The number of oxazole rings is 1. The van der Waals surface area contributed by atoms with Crippen molar-refractivity contribution in [2.75, 3.05) is 25.5 Å². The number of aromatic nitrogens is 2. The zero-order valence-electron chi connectivity index (χ0n) is 19.2. The fourth-order valence-corrected chi connectivity index (χ4v) is 5.11. The number of aryl methyl sites for hydroxylation is 1. The van der Waals surface area contributed by atoms with Gasteiger partial charge in [0.2, 0.25) is 0 Å². The van der Waals surface area contributed by atoms with Gasteiger partial charge in [-0.2, -0.15) is 4.98 Å². The van der Waals surface area contributed by atoms with Crippen molar-refractivity contribution in [2.24, 2.45) is 11.8 Å². The Bertz CT molecular complexity index is 1380. The Morgan fingerprint density at radius 2 is 2.12 bits per heavy atom. The fourth-order valence-electron chi connectivity index (χ4n) is 5.11. The van der Waals surface area contributed by atoms with Crippen molar-refractivity contribution in [2.45, 2.75) is 19.4 Å². The van der Waals surface area contributed by atoms with E-state index < -0.39 is 0 Å². The summed E-state index contributed by atoms with van der Waals surface area (Å²) in [6, 6.07) is 18.1. The molecule has 0 spiro atoms. The molecule has 1 amide bonds. The molecule has 1 saturated carbocycles. The van der Waals surface area contributed by atoms with Crippen molar-refractivity contribution in [3.8, 4) is 16.9 Å². The molecule has 2 aromatic heterocycles. The summed E-state index contributed by atoms with van der Waals surface area (Å²) >= 11 is 0. The molecule has 2 fully saturated rings. The predicted octanol–water partition coefficient (Wildman–Crippen LogP) is 4.78. The first-order valence-electron chi connectivity index (χ1n) is 11.6. The Balaban J connectivity index is 1.24. The molecule has 1 saturated heterocycles. The Morgan fingerprint density at radius 1 is 1.21 bits per heavy atom. The second-order valence-corrected chi connectivity index (χ2v) is 9.19. The van der Waals surface area contributed by atoms with Gasteiger partial charge in [0.05, 0.1) is 13.2 Å². The van der Waals surface area contributed by atoms with Gasteiger partial charge in [0.25, 0.3) is 11.9 Å². The highest BCUT2D eigenvalue weighted by atomic mass is 16.5. The van der Waals surface area contributed by atoms with E-state index in [2.05, 4.69) is 15.3 Å². The quantitative estimate of drug-likeness (QED) is 0.452. The van der Waals surface area contributed by atoms with Gasteiger partial charge < -0.3 is 19.4 Å². The number of methoxy groups -OCH3 is 1. The van der Waals surface area contributed by atoms with E-state index in [4.69, 9.17) is 9.15 Å². The molecule has 172 valence electrons. The molecule has 4 aromatic rings. The third-order valence-corrected chi connectivity index (χ3v) is 6.96. The molecule has 7 heteroatoms. The van der Waals surface area contributed by atoms with Crippen LogP contribution in [0, 0.1) is 18.8 Å². The molecule has 1 N–H and O–H groups in total. The van der Waals surface area contributed by atoms with Crippen LogP contribution in [0.5, 0.6) is 5.75 Å². The maximum atomic E-state index is 13.7. The summed E-state index contributed by atoms with van der Waals surface area (Å²) in [6.45, 7) is 3.39. The average molecular weight is 455 g/mol. The van der Waals surface area contributed by atoms with Crippen LogP contribution in [0.25, 0.3) is 22.2 Å². The van der Waals surface area contributed by atoms with Crippen LogP contribution in [0.2, 0.25) is 0 Å². The largest absolute Gasteiger partial charge is 0.497 e. The molecular weight excluding hydrogens is 428 g/mol. The average Bonchev–Trinajstić information content (AvgIpc) is 3.37. The number of hydrogen-bond acceptors (Lipinski definition) is 6. The highest BCUT2D eigenvalue weighted by molar-refractivity contribution is 5.99. The number of anilines is 1. The molecule has 2 aliphatic rings. The van der Waals surface area contributed by atoms with Crippen molar-refractivity contribution >= 4 is 23.0 Å². The highest BCUT2D eigenvalue weighted by Gasteiger charge is 2.54. The number of carbonyl (C=O) groups excluding carboxylic acids is 1. The maximum absolute atomic E-state index is 13.7. The van der Waals surface area contributed by atoms with Gasteiger partial charge in [-0.3, -0.25) is 9.78 Å². The third-order valence-electron chi connectivity index (χ3n) is 6.96. The zero-order valence-corrected chi connectivity index (χ0v) is 19.2. The standard InChI is InChI=1S/C27H26N4O3/c1-16-8-9-24-22(11-16)30-27(34-24)29-14-23-21-13-18(21)15-31(23)26(32)25-20(7-4-10-28-25)17-5-3-6-19(12-17)33-2/h3-12,18,21,23H,13-15H2,1-2H3,(H,29,30)/t18-,21-,23-/m1/s1. The lowest BCUT2D eigenvalue weighted by Crippen LogP contribution is -2.43. The first kappa shape index (κ1) is 20.7. The molecule has 1 aliphatic heterocycles. The maximum Gasteiger partial charge on any atom is 0.295 e. The second-order valence-electron chi connectivity index (χ2n) is 9.19. The number of hydrogen-bond donors (Lipinski definition) is 1. The Hall–Kier alpha value is -3.87. The summed E-state index contributed by atoms with van der Waals surface area (Å²) in [5.41, 5.74) is 4.93. The van der Waals surface area contributed by atoms with E-state index in [1.165, 1.54) is 0 Å². The van der Waals surface area contributed by atoms with Gasteiger partial charge in [-0.05, 0) is 66.6 Å². The van der Waals surface area contributed by atoms with E-state index in [0.29, 0.717) is 30.1 Å². The summed E-state index contributed by atoms with van der Waals surface area (Å²) < 4.78 is 11.2. The Kier molecular flexibility index (Phi) is 4.98. The van der Waals surface area contributed by atoms with Gasteiger partial charge in [-0.25, -0.2) is 0 Å². The van der Waals surface area contributed by atoms with Crippen LogP contribution in [0.1, 0.15) is 22.5 Å². The summed E-state index contributed by atoms with van der Waals surface area (Å²) in [6.07, 6.45) is 2.84. The normalized spacial score (nSPS) is 20.9. The number of rotatable bonds is 6. The predicted molar refractivity (Wildman–Crippen MR) is 130 cm³/mol. The van der Waals surface area contributed by atoms with Crippen LogP contribution in [0.3, 0.4) is 0 Å². The number of benzene rings is 2. The Morgan fingerprint density at radius 3 is 3.00 bits per heavy atom. The number of likely N-dealkylation sites (tertiary alicyclic amines) is 1. The van der Waals surface area contributed by atoms with Crippen LogP contribution >= 0.6 is 0 Å². The van der Waals surface area contributed by atoms with E-state index >= 15 is 0 Å². The first-order valence-corrected chi connectivity index (χ1v) is 11.6. The van der Waals surface area contributed by atoms with Crippen LogP contribution in [0.15, 0.2) is 65.2 Å². The van der Waals surface area contributed by atoms with Crippen molar-refractivity contribution < 1.29 is 13.9 Å². The van der Waals surface area contributed by atoms with Gasteiger partial charge in [-0.15, -0.1) is 0 Å². The number of nitrogens with zero attached hydrogens (tertiary/aromatic N) is 3. The summed E-state index contributed by atoms with van der Waals surface area (Å²) in [4.78, 5) is 24.8. The summed E-state index contributed by atoms with van der Waals surface area (Å²) in [7, 11) is 1.64. The smallest absolute Gasteiger partial charge is 0.295 e. The summed E-state index contributed by atoms with van der Waals surface area (Å²) in [5.74, 6) is 1.78. The van der Waals surface area contributed by atoms with Gasteiger partial charge in [0.1, 0.15) is 17.0 Å². The number of fused-ring (bicyclic) bond motifs is 2. The van der Waals surface area contributed by atoms with Crippen LogP contribution < -0.4 is 10.1 Å². The van der Waals surface area contributed by atoms with Crippen molar-refractivity contribution in [3.63, 3.8) is 0 Å². The van der Waals surface area contributed by atoms with Crippen LogP contribution in [0.4, 0.5) is 6.01 Å². The Labute approximate surface area is 197 Å². The fraction of sp³-hybridized carbons (Fsp3) is 0.296. The molecule has 34 heavy (non-hydrogen) atoms. The number of nitrogens with one attached hydrogen (secondary N) is 1. The van der Waals surface area contributed by atoms with Crippen molar-refractivity contribution in [3.05, 3.63) is 72.1 Å². The minimum absolute atomic E-state index is 0.0365. The second kappa shape index (κ2) is 8.17. The van der Waals surface area contributed by atoms with E-state index in [1.54, 1.807) is 13.3 Å². The lowest BCUT2D eigenvalue weighted by Gasteiger charge is -2.28. The lowest BCUT2D eigenvalue weighted by atomic mass is 10.0. The van der Waals surface area contributed by atoms with E-state index in [9.17, 15) is 4.79 Å². The first-order chi connectivity index (χ1) is 16.6. The zero-order chi connectivity index (χ0) is 23.2. The topological polar surface area (TPSA) is 80.5 Å². The molecule has 2 aromatic carbocycles. The monoisotopic (exact) mass is 454 g/mol. The number of carbonyl (C=O) groups is 1. The number of piperidine rings is 1. The van der Waals surface area contributed by atoms with E-state index in [0.717, 1.165) is 46.5 Å². The van der Waals surface area contributed by atoms with E-state index in [1.807, 2.05) is 66.4 Å². The molecule has 7 nitrogen and oxygen atoms in total. The minimum atomic E-state index is -0.0365. The highest BCUT2D eigenvalue weighted by Crippen LogP contribution is 2.50. The van der Waals surface area contributed by atoms with Crippen LogP contribution in [-0.4, -0.2) is 47.0 Å². The van der Waals surface area contributed by atoms with Crippen molar-refractivity contribution in [1.29, 1.82) is 0 Å². The molecule has 1 aliphatic carbocycles. The number of ether oxygens (including phenoxy) is 1. The van der Waals surface area contributed by atoms with Gasteiger partial charge >= 0.3 is 0 Å². The third kappa shape index (κ3) is 3.67. The molecule has 3 atom stereocenters. The van der Waals surface area contributed by atoms with E-state index in [-0.39, 0.29) is 11.9 Å². The van der Waals surface area contributed by atoms with Gasteiger partial charge in [0.15, 0.2) is 5.58 Å². The molecular formula is C27H26N4O3. The molecule has 6 rings (SSSR count). The molecule has 0 unspecified atom stereocenters.